The first-order valence-electron chi connectivity index (χ1n) is 8.69. The third-order valence-electron chi connectivity index (χ3n) is 5.29. The van der Waals surface area contributed by atoms with E-state index in [0.717, 1.165) is 6.04 Å². The van der Waals surface area contributed by atoms with E-state index in [-0.39, 0.29) is 17.3 Å². The van der Waals surface area contributed by atoms with Crippen LogP contribution in [-0.2, 0) is 0 Å². The number of rotatable bonds is 3. The van der Waals surface area contributed by atoms with Crippen molar-refractivity contribution in [3.63, 3.8) is 0 Å². The van der Waals surface area contributed by atoms with Crippen LogP contribution in [0.2, 0.25) is 0 Å². The smallest absolute Gasteiger partial charge is 0.123 e. The van der Waals surface area contributed by atoms with E-state index in [1.807, 2.05) is 12.1 Å². The van der Waals surface area contributed by atoms with Crippen LogP contribution in [0.25, 0.3) is 0 Å². The Balaban J connectivity index is 1.72. The second-order valence-electron chi connectivity index (χ2n) is 8.07. The third-order valence-corrected chi connectivity index (χ3v) is 5.29. The minimum atomic E-state index is -0.157. The predicted octanol–water partition coefficient (Wildman–Crippen LogP) is 4.13. The number of nitrogens with zero attached hydrogens (tertiary/aromatic N) is 1. The molecule has 1 aromatic rings. The van der Waals surface area contributed by atoms with Gasteiger partial charge in [-0.3, -0.25) is 0 Å². The van der Waals surface area contributed by atoms with Crippen molar-refractivity contribution in [1.29, 1.82) is 0 Å². The van der Waals surface area contributed by atoms with Crippen LogP contribution in [0.1, 0.15) is 58.1 Å². The van der Waals surface area contributed by atoms with Crippen molar-refractivity contribution in [3.05, 3.63) is 35.6 Å². The summed E-state index contributed by atoms with van der Waals surface area (Å²) in [5.74, 6) is -0.157. The second-order valence-corrected chi connectivity index (χ2v) is 8.07. The van der Waals surface area contributed by atoms with Gasteiger partial charge in [-0.15, -0.1) is 0 Å². The number of hydrogen-bond donors (Lipinski definition) is 1. The number of fused-ring (bicyclic) bond motifs is 1. The Morgan fingerprint density at radius 3 is 2.55 bits per heavy atom. The molecule has 0 radical (unpaired) electrons. The van der Waals surface area contributed by atoms with Crippen molar-refractivity contribution in [3.8, 4) is 0 Å². The molecule has 2 fully saturated rings. The van der Waals surface area contributed by atoms with Crippen LogP contribution >= 0.6 is 0 Å². The summed E-state index contributed by atoms with van der Waals surface area (Å²) in [6.07, 6.45) is 5.20. The van der Waals surface area contributed by atoms with Crippen LogP contribution in [-0.4, -0.2) is 30.1 Å². The topological polar surface area (TPSA) is 15.3 Å². The summed E-state index contributed by atoms with van der Waals surface area (Å²) in [6, 6.07) is 8.65. The molecule has 3 heteroatoms. The van der Waals surface area contributed by atoms with Crippen LogP contribution in [0.15, 0.2) is 24.3 Å². The fourth-order valence-electron chi connectivity index (χ4n) is 4.11. The molecule has 0 aromatic heterocycles. The number of halogens is 1. The summed E-state index contributed by atoms with van der Waals surface area (Å²) >= 11 is 0. The van der Waals surface area contributed by atoms with E-state index in [2.05, 4.69) is 31.0 Å². The van der Waals surface area contributed by atoms with Crippen molar-refractivity contribution in [2.45, 2.75) is 64.6 Å². The quantitative estimate of drug-likeness (QED) is 0.903. The fraction of sp³-hybridized carbons (Fsp3) is 0.684. The minimum absolute atomic E-state index is 0.116. The molecule has 2 aliphatic rings. The average molecular weight is 304 g/mol. The molecule has 3 rings (SSSR count). The summed E-state index contributed by atoms with van der Waals surface area (Å²) in [7, 11) is 0. The van der Waals surface area contributed by atoms with E-state index >= 15 is 0 Å². The molecule has 2 nitrogen and oxygen atoms in total. The zero-order valence-electron chi connectivity index (χ0n) is 14.1. The van der Waals surface area contributed by atoms with Gasteiger partial charge < -0.3 is 10.2 Å². The van der Waals surface area contributed by atoms with Crippen molar-refractivity contribution in [2.24, 2.45) is 5.41 Å². The normalized spacial score (nSPS) is 27.6. The van der Waals surface area contributed by atoms with Gasteiger partial charge in [-0.25, -0.2) is 4.39 Å². The fourth-order valence-corrected chi connectivity index (χ4v) is 4.11. The van der Waals surface area contributed by atoms with Crippen molar-refractivity contribution in [1.82, 2.24) is 10.2 Å². The van der Waals surface area contributed by atoms with Crippen molar-refractivity contribution < 1.29 is 4.39 Å². The molecule has 2 saturated heterocycles. The Morgan fingerprint density at radius 1 is 1.14 bits per heavy atom. The highest BCUT2D eigenvalue weighted by Crippen LogP contribution is 2.35. The van der Waals surface area contributed by atoms with Gasteiger partial charge in [0.15, 0.2) is 0 Å². The zero-order chi connectivity index (χ0) is 15.7. The molecule has 0 bridgehead atoms. The first-order chi connectivity index (χ1) is 10.4. The van der Waals surface area contributed by atoms with E-state index < -0.39 is 0 Å². The van der Waals surface area contributed by atoms with Gasteiger partial charge >= 0.3 is 0 Å². The molecule has 22 heavy (non-hydrogen) atoms. The summed E-state index contributed by atoms with van der Waals surface area (Å²) in [4.78, 5) is 2.65. The Morgan fingerprint density at radius 2 is 1.86 bits per heavy atom. The molecule has 1 N–H and O–H groups in total. The number of hydrogen-bond acceptors (Lipinski definition) is 2. The SMILES string of the molecule is CC(C)(C)[C@H](N[C@@H]1CCN2CCC[C@@H]2C1)c1ccc(F)cc1. The molecule has 122 valence electrons. The van der Waals surface area contributed by atoms with E-state index in [9.17, 15) is 4.39 Å². The van der Waals surface area contributed by atoms with E-state index in [1.54, 1.807) is 12.1 Å². The summed E-state index contributed by atoms with van der Waals surface area (Å²) < 4.78 is 13.2. The molecular weight excluding hydrogens is 275 g/mol. The minimum Gasteiger partial charge on any atom is -0.307 e. The number of piperidine rings is 1. The van der Waals surface area contributed by atoms with Crippen molar-refractivity contribution >= 4 is 0 Å². The largest absolute Gasteiger partial charge is 0.307 e. The third kappa shape index (κ3) is 3.52. The van der Waals surface area contributed by atoms with Gasteiger partial charge in [0.05, 0.1) is 0 Å². The lowest BCUT2D eigenvalue weighted by Gasteiger charge is -2.40. The lowest BCUT2D eigenvalue weighted by atomic mass is 9.81. The maximum Gasteiger partial charge on any atom is 0.123 e. The van der Waals surface area contributed by atoms with Gasteiger partial charge in [-0.1, -0.05) is 32.9 Å². The maximum atomic E-state index is 13.2. The monoisotopic (exact) mass is 304 g/mol. The predicted molar refractivity (Wildman–Crippen MR) is 89.3 cm³/mol. The van der Waals surface area contributed by atoms with Gasteiger partial charge in [-0.2, -0.15) is 0 Å². The molecule has 3 atom stereocenters. The molecule has 1 aromatic carbocycles. The Labute approximate surface area is 134 Å². The first-order valence-corrected chi connectivity index (χ1v) is 8.69. The van der Waals surface area contributed by atoms with Crippen molar-refractivity contribution in [2.75, 3.05) is 13.1 Å². The first kappa shape index (κ1) is 15.9. The highest BCUT2D eigenvalue weighted by molar-refractivity contribution is 5.22. The maximum absolute atomic E-state index is 13.2. The van der Waals surface area contributed by atoms with Gasteiger partial charge in [0.25, 0.3) is 0 Å². The molecule has 2 aliphatic heterocycles. The Kier molecular flexibility index (Phi) is 4.56. The molecular formula is C19H29FN2. The summed E-state index contributed by atoms with van der Waals surface area (Å²) in [5, 5.41) is 3.90. The molecule has 0 spiro atoms. The molecule has 0 unspecified atom stereocenters. The second kappa shape index (κ2) is 6.29. The van der Waals surface area contributed by atoms with Crippen LogP contribution < -0.4 is 5.32 Å². The zero-order valence-corrected chi connectivity index (χ0v) is 14.1. The van der Waals surface area contributed by atoms with E-state index in [1.165, 1.54) is 44.3 Å². The van der Waals surface area contributed by atoms with E-state index in [0.29, 0.717) is 6.04 Å². The van der Waals surface area contributed by atoms with Crippen LogP contribution in [0.4, 0.5) is 4.39 Å². The number of benzene rings is 1. The highest BCUT2D eigenvalue weighted by atomic mass is 19.1. The molecule has 0 saturated carbocycles. The van der Waals surface area contributed by atoms with Gasteiger partial charge in [-0.05, 0) is 61.9 Å². The Bertz CT molecular complexity index is 491. The van der Waals surface area contributed by atoms with Crippen LogP contribution in [0.3, 0.4) is 0 Å². The van der Waals surface area contributed by atoms with Gasteiger partial charge in [0, 0.05) is 18.1 Å². The average Bonchev–Trinajstić information content (AvgIpc) is 2.92. The molecule has 0 aliphatic carbocycles. The van der Waals surface area contributed by atoms with E-state index in [4.69, 9.17) is 0 Å². The molecule has 0 amide bonds. The van der Waals surface area contributed by atoms with Crippen LogP contribution in [0.5, 0.6) is 0 Å². The van der Waals surface area contributed by atoms with Gasteiger partial charge in [0.2, 0.25) is 0 Å². The Hall–Kier alpha value is -0.930. The lowest BCUT2D eigenvalue weighted by Crippen LogP contribution is -2.48. The summed E-state index contributed by atoms with van der Waals surface area (Å²) in [5.41, 5.74) is 1.31. The lowest BCUT2D eigenvalue weighted by molar-refractivity contribution is 0.143. The molecule has 2 heterocycles. The summed E-state index contributed by atoms with van der Waals surface area (Å²) in [6.45, 7) is 9.30. The number of nitrogens with one attached hydrogen (secondary N) is 1. The highest BCUT2D eigenvalue weighted by Gasteiger charge is 2.35. The standard InChI is InChI=1S/C19H29FN2/c1-19(2,3)18(14-6-8-15(20)9-7-14)21-16-10-12-22-11-4-5-17(22)13-16/h6-9,16-18,21H,4-5,10-13H2,1-3H3/t16-,17-,18-/m1/s1. The van der Waals surface area contributed by atoms with Crippen LogP contribution in [0, 0.1) is 11.2 Å². The van der Waals surface area contributed by atoms with Gasteiger partial charge in [0.1, 0.15) is 5.82 Å².